The Bertz CT molecular complexity index is 453. The zero-order chi connectivity index (χ0) is 11.2. The summed E-state index contributed by atoms with van der Waals surface area (Å²) in [6, 6.07) is 18.5. The first kappa shape index (κ1) is 11.1. The van der Waals surface area contributed by atoms with E-state index in [1.807, 2.05) is 18.2 Å². The highest BCUT2D eigenvalue weighted by Crippen LogP contribution is 2.02. The van der Waals surface area contributed by atoms with E-state index < -0.39 is 0 Å². The Balaban J connectivity index is 2.08. The van der Waals surface area contributed by atoms with Crippen LogP contribution in [0, 0.1) is 7.14 Å². The first-order valence-electron chi connectivity index (χ1n) is 4.88. The van der Waals surface area contributed by atoms with Gasteiger partial charge < -0.3 is 5.32 Å². The molecule has 2 nitrogen and oxygen atoms in total. The molecular weight excluding hydrogens is 313 g/mol. The van der Waals surface area contributed by atoms with Crippen LogP contribution in [0.25, 0.3) is 0 Å². The smallest absolute Gasteiger partial charge is 0.329 e. The lowest BCUT2D eigenvalue weighted by Crippen LogP contribution is -3.61. The van der Waals surface area contributed by atoms with Crippen LogP contribution < -0.4 is 26.5 Å². The number of rotatable bonds is 4. The first-order valence-corrected chi connectivity index (χ1v) is 7.04. The minimum atomic E-state index is -0.110. The van der Waals surface area contributed by atoms with Gasteiger partial charge in [0.05, 0.1) is 0 Å². The molecule has 0 radical (unpaired) electrons. The van der Waals surface area contributed by atoms with Crippen molar-refractivity contribution in [1.29, 1.82) is 0 Å². The molecule has 0 aromatic heterocycles. The molecular formula is C13H11INO+. The molecule has 0 aliphatic rings. The summed E-state index contributed by atoms with van der Waals surface area (Å²) in [6.07, 6.45) is 0.696. The standard InChI is InChI=1S/C13H10INO/c16-10-15-13-8-6-12(7-9-13)14-11-4-2-1-3-5-11/h1-10H/p+1. The van der Waals surface area contributed by atoms with Crippen LogP contribution in [0.15, 0.2) is 54.6 Å². The van der Waals surface area contributed by atoms with E-state index in [0.717, 1.165) is 5.69 Å². The maximum absolute atomic E-state index is 10.2. The highest BCUT2D eigenvalue weighted by Gasteiger charge is 2.13. The number of halogens is 1. The summed E-state index contributed by atoms with van der Waals surface area (Å²) in [7, 11) is 0. The lowest BCUT2D eigenvalue weighted by Gasteiger charge is -1.94. The van der Waals surface area contributed by atoms with E-state index >= 15 is 0 Å². The lowest BCUT2D eigenvalue weighted by atomic mass is 10.3. The monoisotopic (exact) mass is 324 g/mol. The van der Waals surface area contributed by atoms with E-state index in [2.05, 4.69) is 41.7 Å². The van der Waals surface area contributed by atoms with Gasteiger partial charge >= 0.3 is 21.2 Å². The molecule has 2 aromatic rings. The maximum Gasteiger partial charge on any atom is 0.357 e. The molecule has 1 amide bonds. The van der Waals surface area contributed by atoms with Crippen molar-refractivity contribution < 1.29 is 26.0 Å². The van der Waals surface area contributed by atoms with Crippen LogP contribution in [0.5, 0.6) is 0 Å². The normalized spacial score (nSPS) is 9.75. The summed E-state index contributed by atoms with van der Waals surface area (Å²) in [6.45, 7) is 0. The Morgan fingerprint density at radius 1 is 0.875 bits per heavy atom. The molecule has 0 spiro atoms. The fourth-order valence-corrected chi connectivity index (χ4v) is 3.49. The molecule has 16 heavy (non-hydrogen) atoms. The predicted molar refractivity (Wildman–Crippen MR) is 60.0 cm³/mol. The fourth-order valence-electron chi connectivity index (χ4n) is 1.28. The topological polar surface area (TPSA) is 29.1 Å². The zero-order valence-electron chi connectivity index (χ0n) is 8.56. The van der Waals surface area contributed by atoms with Crippen molar-refractivity contribution in [2.24, 2.45) is 0 Å². The molecule has 0 aliphatic carbocycles. The van der Waals surface area contributed by atoms with Crippen molar-refractivity contribution in [2.75, 3.05) is 5.32 Å². The minimum absolute atomic E-state index is 0.110. The largest absolute Gasteiger partial charge is 0.357 e. The van der Waals surface area contributed by atoms with Crippen molar-refractivity contribution in [2.45, 2.75) is 0 Å². The molecule has 0 bridgehead atoms. The second kappa shape index (κ2) is 5.65. The summed E-state index contributed by atoms with van der Waals surface area (Å²) >= 11 is -0.110. The van der Waals surface area contributed by atoms with Gasteiger partial charge in [-0.15, -0.1) is 0 Å². The molecule has 2 rings (SSSR count). The quantitative estimate of drug-likeness (QED) is 0.590. The Kier molecular flexibility index (Phi) is 3.93. The highest BCUT2D eigenvalue weighted by atomic mass is 127. The number of carbonyl (C=O) groups is 1. The van der Waals surface area contributed by atoms with Gasteiger partial charge in [-0.1, -0.05) is 18.2 Å². The third-order valence-corrected chi connectivity index (χ3v) is 4.71. The number of nitrogens with one attached hydrogen (secondary N) is 1. The number of benzene rings is 2. The Hall–Kier alpha value is -1.36. The second-order valence-corrected chi connectivity index (χ2v) is 6.19. The van der Waals surface area contributed by atoms with Gasteiger partial charge in [-0.3, -0.25) is 4.79 Å². The van der Waals surface area contributed by atoms with Gasteiger partial charge in [-0.25, -0.2) is 0 Å². The highest BCUT2D eigenvalue weighted by molar-refractivity contribution is 5.70. The molecule has 0 aliphatic heterocycles. The molecule has 1 N–H and O–H groups in total. The molecule has 2 aromatic carbocycles. The number of anilines is 1. The summed E-state index contributed by atoms with van der Waals surface area (Å²) < 4.78 is 2.75. The lowest BCUT2D eigenvalue weighted by molar-refractivity contribution is -0.597. The van der Waals surface area contributed by atoms with Crippen molar-refractivity contribution in [1.82, 2.24) is 0 Å². The second-order valence-electron chi connectivity index (χ2n) is 3.16. The van der Waals surface area contributed by atoms with E-state index in [0.29, 0.717) is 6.41 Å². The number of hydrogen-bond acceptors (Lipinski definition) is 1. The molecule has 0 heterocycles. The van der Waals surface area contributed by atoms with Gasteiger partial charge in [0.2, 0.25) is 6.41 Å². The Morgan fingerprint density at radius 3 is 2.12 bits per heavy atom. The van der Waals surface area contributed by atoms with E-state index in [4.69, 9.17) is 0 Å². The number of amides is 1. The third kappa shape index (κ3) is 3.06. The molecule has 0 saturated carbocycles. The Labute approximate surface area is 105 Å². The van der Waals surface area contributed by atoms with Crippen LogP contribution in [0.3, 0.4) is 0 Å². The summed E-state index contributed by atoms with van der Waals surface area (Å²) in [5.41, 5.74) is 0.843. The van der Waals surface area contributed by atoms with Crippen LogP contribution >= 0.6 is 0 Å². The summed E-state index contributed by atoms with van der Waals surface area (Å²) in [5.74, 6) is 0. The van der Waals surface area contributed by atoms with Crippen molar-refractivity contribution in [3.8, 4) is 0 Å². The number of hydrogen-bond donors (Lipinski definition) is 1. The van der Waals surface area contributed by atoms with Crippen LogP contribution in [-0.2, 0) is 4.79 Å². The first-order chi connectivity index (χ1) is 7.88. The van der Waals surface area contributed by atoms with Crippen molar-refractivity contribution >= 4 is 12.1 Å². The maximum atomic E-state index is 10.2. The minimum Gasteiger partial charge on any atom is -0.329 e. The van der Waals surface area contributed by atoms with Crippen LogP contribution in [0.4, 0.5) is 5.69 Å². The van der Waals surface area contributed by atoms with Crippen molar-refractivity contribution in [3.05, 3.63) is 61.7 Å². The Morgan fingerprint density at radius 2 is 1.50 bits per heavy atom. The zero-order valence-corrected chi connectivity index (χ0v) is 10.7. The van der Waals surface area contributed by atoms with Gasteiger partial charge in [0.25, 0.3) is 0 Å². The van der Waals surface area contributed by atoms with Gasteiger partial charge in [0.1, 0.15) is 0 Å². The van der Waals surface area contributed by atoms with E-state index in [9.17, 15) is 4.79 Å². The van der Waals surface area contributed by atoms with Gasteiger partial charge in [-0.2, -0.15) is 0 Å². The summed E-state index contributed by atoms with van der Waals surface area (Å²) in [5, 5.41) is 2.63. The molecule has 0 unspecified atom stereocenters. The third-order valence-electron chi connectivity index (χ3n) is 2.02. The van der Waals surface area contributed by atoms with Crippen molar-refractivity contribution in [3.63, 3.8) is 0 Å². The van der Waals surface area contributed by atoms with Crippen LogP contribution in [0.1, 0.15) is 0 Å². The molecule has 3 heteroatoms. The summed E-state index contributed by atoms with van der Waals surface area (Å²) in [4.78, 5) is 10.2. The molecule has 0 atom stereocenters. The SMILES string of the molecule is O=CNc1ccc([I+]c2ccccc2)cc1. The average molecular weight is 324 g/mol. The fraction of sp³-hybridized carbons (Fsp3) is 0. The van der Waals surface area contributed by atoms with Gasteiger partial charge in [0.15, 0.2) is 7.14 Å². The molecule has 80 valence electrons. The van der Waals surface area contributed by atoms with Crippen LogP contribution in [-0.4, -0.2) is 6.41 Å². The predicted octanol–water partition coefficient (Wildman–Crippen LogP) is -0.617. The van der Waals surface area contributed by atoms with E-state index in [-0.39, 0.29) is 21.2 Å². The molecule has 0 saturated heterocycles. The van der Waals surface area contributed by atoms with E-state index in [1.165, 1.54) is 7.14 Å². The van der Waals surface area contributed by atoms with Gasteiger partial charge in [-0.05, 0) is 36.4 Å². The number of carbonyl (C=O) groups excluding carboxylic acids is 1. The molecule has 0 fully saturated rings. The van der Waals surface area contributed by atoms with Gasteiger partial charge in [0, 0.05) is 5.69 Å². The van der Waals surface area contributed by atoms with E-state index in [1.54, 1.807) is 0 Å². The van der Waals surface area contributed by atoms with Crippen LogP contribution in [0.2, 0.25) is 0 Å². The average Bonchev–Trinajstić information content (AvgIpc) is 2.33.